The molecule has 1 aliphatic rings. The molecular formula is C8H7F6NO2. The summed E-state index contributed by atoms with van der Waals surface area (Å²) in [6, 6.07) is -5.36. The summed E-state index contributed by atoms with van der Waals surface area (Å²) in [7, 11) is 0. The Kier molecular flexibility index (Phi) is 3.06. The Hall–Kier alpha value is -1.41. The highest BCUT2D eigenvalue weighted by Gasteiger charge is 2.76. The highest BCUT2D eigenvalue weighted by atomic mass is 19.3. The van der Waals surface area contributed by atoms with Crippen molar-refractivity contribution in [3.63, 3.8) is 0 Å². The third kappa shape index (κ3) is 1.83. The fourth-order valence-corrected chi connectivity index (χ4v) is 1.09. The van der Waals surface area contributed by atoms with Gasteiger partial charge in [-0.05, 0) is 6.92 Å². The molecule has 0 aromatic heterocycles. The first-order valence-corrected chi connectivity index (χ1v) is 4.37. The summed E-state index contributed by atoms with van der Waals surface area (Å²) < 4.78 is 81.0. The number of hydrogen-bond donors (Lipinski definition) is 0. The van der Waals surface area contributed by atoms with Crippen LogP contribution in [0.25, 0.3) is 0 Å². The molecule has 9 heteroatoms. The van der Waals surface area contributed by atoms with Gasteiger partial charge in [0.15, 0.2) is 0 Å². The highest BCUT2D eigenvalue weighted by molar-refractivity contribution is 5.70. The van der Waals surface area contributed by atoms with Crippen LogP contribution < -0.4 is 0 Å². The van der Waals surface area contributed by atoms with Gasteiger partial charge in [-0.3, -0.25) is 0 Å². The number of ether oxygens (including phenoxy) is 1. The quantitative estimate of drug-likeness (QED) is 0.537. The largest absolute Gasteiger partial charge is 0.449 e. The van der Waals surface area contributed by atoms with Crippen molar-refractivity contribution in [2.75, 3.05) is 6.61 Å². The van der Waals surface area contributed by atoms with Crippen LogP contribution in [0.1, 0.15) is 6.92 Å². The van der Waals surface area contributed by atoms with Gasteiger partial charge < -0.3 is 4.74 Å². The maximum Gasteiger partial charge on any atom is 0.418 e. The zero-order valence-corrected chi connectivity index (χ0v) is 8.39. The molecule has 0 spiro atoms. The lowest BCUT2D eigenvalue weighted by molar-refractivity contribution is -0.335. The van der Waals surface area contributed by atoms with Crippen LogP contribution in [0.2, 0.25) is 0 Å². The average molecular weight is 263 g/mol. The van der Waals surface area contributed by atoms with Crippen molar-refractivity contribution < 1.29 is 35.9 Å². The second kappa shape index (κ2) is 3.81. The lowest BCUT2D eigenvalue weighted by Crippen LogP contribution is -2.64. The monoisotopic (exact) mass is 263 g/mol. The van der Waals surface area contributed by atoms with Crippen molar-refractivity contribution in [3.05, 3.63) is 12.3 Å². The van der Waals surface area contributed by atoms with Crippen molar-refractivity contribution >= 4 is 6.09 Å². The van der Waals surface area contributed by atoms with Crippen molar-refractivity contribution in [3.8, 4) is 0 Å². The molecule has 17 heavy (non-hydrogen) atoms. The Balaban J connectivity index is 3.17. The van der Waals surface area contributed by atoms with Crippen LogP contribution in [0.3, 0.4) is 0 Å². The maximum atomic E-state index is 13.1. The Morgan fingerprint density at radius 3 is 2.24 bits per heavy atom. The van der Waals surface area contributed by atoms with Gasteiger partial charge >= 0.3 is 24.0 Å². The molecule has 0 N–H and O–H groups in total. The summed E-state index contributed by atoms with van der Waals surface area (Å²) in [4.78, 5) is 10.1. The predicted molar refractivity (Wildman–Crippen MR) is 42.8 cm³/mol. The Bertz CT molecular complexity index is 354. The van der Waals surface area contributed by atoms with Crippen molar-refractivity contribution in [1.29, 1.82) is 0 Å². The molecule has 0 bridgehead atoms. The molecule has 98 valence electrons. The molecule has 0 aromatic carbocycles. The summed E-state index contributed by atoms with van der Waals surface area (Å²) in [5.74, 6) is -10.7. The van der Waals surface area contributed by atoms with E-state index >= 15 is 0 Å². The van der Waals surface area contributed by atoms with E-state index in [4.69, 9.17) is 0 Å². The lowest BCUT2D eigenvalue weighted by atomic mass is 10.1. The van der Waals surface area contributed by atoms with E-state index in [-0.39, 0.29) is 12.8 Å². The molecule has 0 radical (unpaired) electrons. The number of alkyl halides is 6. The molecule has 1 heterocycles. The molecule has 0 aliphatic carbocycles. The van der Waals surface area contributed by atoms with Gasteiger partial charge in [0.2, 0.25) is 0 Å². The molecule has 1 rings (SSSR count). The maximum absolute atomic E-state index is 13.1. The molecule has 1 amide bonds. The zero-order valence-electron chi connectivity index (χ0n) is 8.39. The lowest BCUT2D eigenvalue weighted by Gasteiger charge is -2.39. The van der Waals surface area contributed by atoms with Gasteiger partial charge in [0, 0.05) is 12.3 Å². The molecule has 0 saturated carbocycles. The number of carbonyl (C=O) groups is 1. The number of carbonyl (C=O) groups excluding carboxylic acids is 1. The summed E-state index contributed by atoms with van der Waals surface area (Å²) in [6.07, 6.45) is -2.42. The first-order valence-electron chi connectivity index (χ1n) is 4.37. The fraction of sp³-hybridized carbons (Fsp3) is 0.625. The Morgan fingerprint density at radius 2 is 1.76 bits per heavy atom. The van der Waals surface area contributed by atoms with Crippen LogP contribution in [-0.2, 0) is 4.74 Å². The van der Waals surface area contributed by atoms with Crippen molar-refractivity contribution in [2.45, 2.75) is 24.8 Å². The van der Waals surface area contributed by atoms with Gasteiger partial charge in [0.25, 0.3) is 0 Å². The Labute approximate surface area is 91.6 Å². The summed E-state index contributed by atoms with van der Waals surface area (Å²) in [5.41, 5.74) is 0. The van der Waals surface area contributed by atoms with Gasteiger partial charge in [-0.2, -0.15) is 26.3 Å². The molecule has 0 fully saturated rings. The van der Waals surface area contributed by atoms with Gasteiger partial charge in [0.1, 0.15) is 0 Å². The number of hydrogen-bond acceptors (Lipinski definition) is 2. The van der Waals surface area contributed by atoms with E-state index in [2.05, 4.69) is 4.74 Å². The van der Waals surface area contributed by atoms with E-state index in [0.29, 0.717) is 0 Å². The van der Waals surface area contributed by atoms with Crippen LogP contribution in [0.5, 0.6) is 0 Å². The van der Waals surface area contributed by atoms with Crippen LogP contribution >= 0.6 is 0 Å². The van der Waals surface area contributed by atoms with Crippen LogP contribution in [0.4, 0.5) is 31.1 Å². The third-order valence-corrected chi connectivity index (χ3v) is 2.00. The molecule has 0 aromatic rings. The van der Waals surface area contributed by atoms with E-state index in [1.165, 1.54) is 6.92 Å². The molecule has 0 saturated heterocycles. The van der Waals surface area contributed by atoms with Crippen molar-refractivity contribution in [2.24, 2.45) is 0 Å². The second-order valence-electron chi connectivity index (χ2n) is 3.12. The van der Waals surface area contributed by atoms with Gasteiger partial charge in [0.05, 0.1) is 6.61 Å². The number of halogens is 6. The zero-order chi connectivity index (χ0) is 13.5. The summed E-state index contributed by atoms with van der Waals surface area (Å²) >= 11 is 0. The number of nitrogens with zero attached hydrogens (tertiary/aromatic N) is 1. The van der Waals surface area contributed by atoms with Crippen LogP contribution in [-0.4, -0.2) is 35.5 Å². The normalized spacial score (nSPS) is 24.5. The number of amides is 1. The standard InChI is InChI=1S/C8H7F6NO2/c1-2-17-5(16)15-4-3-6(9,10)7(11,12)8(15,13)14/h3-4H,2H2,1H3. The van der Waals surface area contributed by atoms with E-state index < -0.39 is 35.0 Å². The Morgan fingerprint density at radius 1 is 1.24 bits per heavy atom. The summed E-state index contributed by atoms with van der Waals surface area (Å²) in [5, 5.41) is 0. The van der Waals surface area contributed by atoms with E-state index in [0.717, 1.165) is 0 Å². The SMILES string of the molecule is CCOC(=O)N1C=CC(F)(F)C(F)(F)C1(F)F. The minimum Gasteiger partial charge on any atom is -0.449 e. The van der Waals surface area contributed by atoms with Gasteiger partial charge in [-0.25, -0.2) is 9.69 Å². The smallest absolute Gasteiger partial charge is 0.418 e. The van der Waals surface area contributed by atoms with Gasteiger partial charge in [-0.15, -0.1) is 0 Å². The number of allylic oxidation sites excluding steroid dienone is 1. The fourth-order valence-electron chi connectivity index (χ4n) is 1.09. The third-order valence-electron chi connectivity index (χ3n) is 2.00. The molecule has 1 aliphatic heterocycles. The molecular weight excluding hydrogens is 256 g/mol. The minimum atomic E-state index is -5.71. The van der Waals surface area contributed by atoms with Crippen molar-refractivity contribution in [1.82, 2.24) is 4.90 Å². The molecule has 0 unspecified atom stereocenters. The number of rotatable bonds is 1. The first-order chi connectivity index (χ1) is 7.58. The first kappa shape index (κ1) is 13.7. The molecule has 0 atom stereocenters. The van der Waals surface area contributed by atoms with Crippen LogP contribution in [0, 0.1) is 0 Å². The summed E-state index contributed by atoms with van der Waals surface area (Å²) in [6.45, 7) is 0.887. The molecule has 3 nitrogen and oxygen atoms in total. The van der Waals surface area contributed by atoms with E-state index in [1.807, 2.05) is 0 Å². The average Bonchev–Trinajstić information content (AvgIpc) is 2.15. The van der Waals surface area contributed by atoms with Crippen LogP contribution in [0.15, 0.2) is 12.3 Å². The topological polar surface area (TPSA) is 29.5 Å². The van der Waals surface area contributed by atoms with E-state index in [1.54, 1.807) is 0 Å². The van der Waals surface area contributed by atoms with Gasteiger partial charge in [-0.1, -0.05) is 0 Å². The van der Waals surface area contributed by atoms with E-state index in [9.17, 15) is 31.1 Å². The second-order valence-corrected chi connectivity index (χ2v) is 3.12. The minimum absolute atomic E-state index is 0.116. The predicted octanol–water partition coefficient (Wildman–Crippen LogP) is 2.84. The highest BCUT2D eigenvalue weighted by Crippen LogP contribution is 2.50.